The lowest BCUT2D eigenvalue weighted by Crippen LogP contribution is -2.04. The van der Waals surface area contributed by atoms with Crippen molar-refractivity contribution in [2.24, 2.45) is 0 Å². The Kier molecular flexibility index (Phi) is 2.74. The van der Waals surface area contributed by atoms with Crippen molar-refractivity contribution in [1.29, 1.82) is 0 Å². The van der Waals surface area contributed by atoms with E-state index in [1.165, 1.54) is 6.07 Å². The Labute approximate surface area is 75.3 Å². The summed E-state index contributed by atoms with van der Waals surface area (Å²) in [5, 5.41) is 2.63. The van der Waals surface area contributed by atoms with Crippen LogP contribution in [0.15, 0.2) is 24.8 Å². The molecular weight excluding hydrogens is 171 g/mol. The summed E-state index contributed by atoms with van der Waals surface area (Å²) < 4.78 is 12.6. The van der Waals surface area contributed by atoms with Gasteiger partial charge in [0.15, 0.2) is 5.78 Å². The van der Waals surface area contributed by atoms with Gasteiger partial charge in [0.1, 0.15) is 5.82 Å². The molecule has 1 rings (SSSR count). The fraction of sp³-hybridized carbons (Fsp3) is 0.111. The van der Waals surface area contributed by atoms with Crippen molar-refractivity contribution in [3.05, 3.63) is 36.3 Å². The Bertz CT molecular complexity index is 349. The first-order valence-corrected chi connectivity index (χ1v) is 3.70. The summed E-state index contributed by atoms with van der Waals surface area (Å²) in [6.07, 6.45) is 1.16. The number of rotatable bonds is 3. The van der Waals surface area contributed by atoms with Crippen LogP contribution in [0.4, 0.5) is 10.2 Å². The first-order chi connectivity index (χ1) is 6.19. The average molecular weight is 180 g/mol. The van der Waals surface area contributed by atoms with E-state index in [2.05, 4.69) is 16.9 Å². The summed E-state index contributed by atoms with van der Waals surface area (Å²) in [6, 6.07) is 2.51. The van der Waals surface area contributed by atoms with E-state index < -0.39 is 5.95 Å². The molecule has 1 aromatic heterocycles. The molecule has 0 spiro atoms. The van der Waals surface area contributed by atoms with E-state index in [9.17, 15) is 9.18 Å². The number of halogens is 1. The molecule has 68 valence electrons. The van der Waals surface area contributed by atoms with Crippen LogP contribution >= 0.6 is 0 Å². The van der Waals surface area contributed by atoms with E-state index in [0.29, 0.717) is 5.56 Å². The molecule has 13 heavy (non-hydrogen) atoms. The smallest absolute Gasteiger partial charge is 0.214 e. The number of carbonyl (C=O) groups excluding carboxylic acids is 1. The SMILES string of the molecule is C=CC(=O)c1ccc(F)nc1NC. The number of anilines is 1. The van der Waals surface area contributed by atoms with Gasteiger partial charge in [-0.05, 0) is 18.2 Å². The Hall–Kier alpha value is -1.71. The third-order valence-electron chi connectivity index (χ3n) is 1.55. The number of nitrogens with zero attached hydrogens (tertiary/aromatic N) is 1. The molecule has 0 radical (unpaired) electrons. The Balaban J connectivity index is 3.20. The predicted molar refractivity (Wildman–Crippen MR) is 48.3 cm³/mol. The lowest BCUT2D eigenvalue weighted by Gasteiger charge is -2.03. The molecule has 4 heteroatoms. The normalized spacial score (nSPS) is 9.38. The number of allylic oxidation sites excluding steroid dienone is 1. The molecule has 1 heterocycles. The summed E-state index contributed by atoms with van der Waals surface area (Å²) in [7, 11) is 1.57. The van der Waals surface area contributed by atoms with Gasteiger partial charge in [-0.2, -0.15) is 4.39 Å². The molecule has 0 unspecified atom stereocenters. The first kappa shape index (κ1) is 9.38. The lowest BCUT2D eigenvalue weighted by atomic mass is 10.1. The third kappa shape index (κ3) is 1.90. The van der Waals surface area contributed by atoms with Crippen molar-refractivity contribution in [3.8, 4) is 0 Å². The van der Waals surface area contributed by atoms with Crippen molar-refractivity contribution in [2.75, 3.05) is 12.4 Å². The molecule has 0 atom stereocenters. The monoisotopic (exact) mass is 180 g/mol. The summed E-state index contributed by atoms with van der Waals surface area (Å²) in [6.45, 7) is 3.34. The lowest BCUT2D eigenvalue weighted by molar-refractivity contribution is 0.104. The number of hydrogen-bond donors (Lipinski definition) is 1. The summed E-state index contributed by atoms with van der Waals surface area (Å²) in [5.41, 5.74) is 0.318. The zero-order valence-electron chi connectivity index (χ0n) is 7.17. The zero-order chi connectivity index (χ0) is 9.84. The fourth-order valence-electron chi connectivity index (χ4n) is 0.935. The molecule has 1 N–H and O–H groups in total. The molecule has 0 aliphatic rings. The van der Waals surface area contributed by atoms with Gasteiger partial charge >= 0.3 is 0 Å². The fourth-order valence-corrected chi connectivity index (χ4v) is 0.935. The van der Waals surface area contributed by atoms with Crippen LogP contribution in [-0.4, -0.2) is 17.8 Å². The number of nitrogens with one attached hydrogen (secondary N) is 1. The summed E-state index contributed by atoms with van der Waals surface area (Å²) in [4.78, 5) is 14.7. The average Bonchev–Trinajstić information content (AvgIpc) is 2.16. The number of hydrogen-bond acceptors (Lipinski definition) is 3. The Morgan fingerprint density at radius 1 is 1.69 bits per heavy atom. The highest BCUT2D eigenvalue weighted by Crippen LogP contribution is 2.13. The van der Waals surface area contributed by atoms with Crippen LogP contribution < -0.4 is 5.32 Å². The molecule has 0 amide bonds. The van der Waals surface area contributed by atoms with Gasteiger partial charge in [-0.1, -0.05) is 6.58 Å². The maximum atomic E-state index is 12.6. The minimum Gasteiger partial charge on any atom is -0.372 e. The molecule has 0 saturated heterocycles. The number of carbonyl (C=O) groups is 1. The van der Waals surface area contributed by atoms with Gasteiger partial charge in [-0.3, -0.25) is 4.79 Å². The van der Waals surface area contributed by atoms with Gasteiger partial charge in [-0.25, -0.2) is 4.98 Å². The Morgan fingerprint density at radius 3 is 2.92 bits per heavy atom. The molecule has 0 fully saturated rings. The second kappa shape index (κ2) is 3.80. The second-order valence-electron chi connectivity index (χ2n) is 2.35. The van der Waals surface area contributed by atoms with Gasteiger partial charge in [0, 0.05) is 7.05 Å². The van der Waals surface area contributed by atoms with Crippen molar-refractivity contribution in [1.82, 2.24) is 4.98 Å². The molecule has 0 bridgehead atoms. The van der Waals surface area contributed by atoms with E-state index in [1.54, 1.807) is 7.05 Å². The third-order valence-corrected chi connectivity index (χ3v) is 1.55. The molecule has 3 nitrogen and oxygen atoms in total. The van der Waals surface area contributed by atoms with E-state index in [0.717, 1.165) is 12.1 Å². The Morgan fingerprint density at radius 2 is 2.38 bits per heavy atom. The van der Waals surface area contributed by atoms with Crippen LogP contribution in [0.3, 0.4) is 0 Å². The predicted octanol–water partition coefficient (Wildman–Crippen LogP) is 1.63. The molecule has 1 aromatic rings. The van der Waals surface area contributed by atoms with Crippen LogP contribution in [0.5, 0.6) is 0 Å². The highest BCUT2D eigenvalue weighted by atomic mass is 19.1. The van der Waals surface area contributed by atoms with E-state index in [-0.39, 0.29) is 11.6 Å². The van der Waals surface area contributed by atoms with Gasteiger partial charge < -0.3 is 5.32 Å². The minimum absolute atomic E-state index is 0.227. The van der Waals surface area contributed by atoms with E-state index in [4.69, 9.17) is 0 Å². The quantitative estimate of drug-likeness (QED) is 0.436. The standard InChI is InChI=1S/C9H9FN2O/c1-3-7(13)6-4-5-8(10)12-9(6)11-2/h3-5H,1H2,2H3,(H,11,12). The summed E-state index contributed by atoms with van der Waals surface area (Å²) in [5.74, 6) is -0.674. The largest absolute Gasteiger partial charge is 0.372 e. The molecule has 0 aromatic carbocycles. The summed E-state index contributed by atoms with van der Waals surface area (Å²) >= 11 is 0. The van der Waals surface area contributed by atoms with Crippen molar-refractivity contribution in [2.45, 2.75) is 0 Å². The number of aromatic nitrogens is 1. The van der Waals surface area contributed by atoms with Crippen molar-refractivity contribution < 1.29 is 9.18 Å². The van der Waals surface area contributed by atoms with E-state index >= 15 is 0 Å². The van der Waals surface area contributed by atoms with Crippen molar-refractivity contribution in [3.63, 3.8) is 0 Å². The van der Waals surface area contributed by atoms with Gasteiger partial charge in [-0.15, -0.1) is 0 Å². The number of pyridine rings is 1. The van der Waals surface area contributed by atoms with E-state index in [1.807, 2.05) is 0 Å². The molecule has 0 saturated carbocycles. The second-order valence-corrected chi connectivity index (χ2v) is 2.35. The highest BCUT2D eigenvalue weighted by Gasteiger charge is 2.09. The topological polar surface area (TPSA) is 42.0 Å². The van der Waals surface area contributed by atoms with Crippen LogP contribution in [0.25, 0.3) is 0 Å². The van der Waals surface area contributed by atoms with Crippen LogP contribution in [0.2, 0.25) is 0 Å². The number of ketones is 1. The molecule has 0 aliphatic carbocycles. The molecular formula is C9H9FN2O. The zero-order valence-corrected chi connectivity index (χ0v) is 7.17. The van der Waals surface area contributed by atoms with Gasteiger partial charge in [0.2, 0.25) is 5.95 Å². The molecule has 0 aliphatic heterocycles. The van der Waals surface area contributed by atoms with Crippen LogP contribution in [0, 0.1) is 5.95 Å². The minimum atomic E-state index is -0.620. The first-order valence-electron chi connectivity index (χ1n) is 3.70. The van der Waals surface area contributed by atoms with Gasteiger partial charge in [0.05, 0.1) is 5.56 Å². The van der Waals surface area contributed by atoms with Crippen LogP contribution in [-0.2, 0) is 0 Å². The maximum Gasteiger partial charge on any atom is 0.214 e. The van der Waals surface area contributed by atoms with Crippen molar-refractivity contribution >= 4 is 11.6 Å². The highest BCUT2D eigenvalue weighted by molar-refractivity contribution is 6.07. The maximum absolute atomic E-state index is 12.6. The van der Waals surface area contributed by atoms with Crippen LogP contribution in [0.1, 0.15) is 10.4 Å². The van der Waals surface area contributed by atoms with Gasteiger partial charge in [0.25, 0.3) is 0 Å².